The van der Waals surface area contributed by atoms with Crippen LogP contribution in [-0.4, -0.2) is 23.5 Å². The number of hydrogen-bond acceptors (Lipinski definition) is 3. The van der Waals surface area contributed by atoms with Gasteiger partial charge in [0.15, 0.2) is 0 Å². The van der Waals surface area contributed by atoms with Gasteiger partial charge in [0, 0.05) is 15.8 Å². The Morgan fingerprint density at radius 1 is 1.44 bits per heavy atom. The van der Waals surface area contributed by atoms with Crippen molar-refractivity contribution in [2.45, 2.75) is 6.42 Å². The van der Waals surface area contributed by atoms with Gasteiger partial charge in [-0.1, -0.05) is 0 Å². The number of carboxylic acids is 1. The van der Waals surface area contributed by atoms with E-state index in [1.807, 2.05) is 0 Å². The van der Waals surface area contributed by atoms with Gasteiger partial charge in [0.1, 0.15) is 0 Å². The van der Waals surface area contributed by atoms with Gasteiger partial charge < -0.3 is 16.2 Å². The van der Waals surface area contributed by atoms with Crippen molar-refractivity contribution in [3.8, 4) is 0 Å². The molecule has 0 atom stereocenters. The smallest absolute Gasteiger partial charge is 0.305 e. The second kappa shape index (κ2) is 5.69. The molecule has 4 N–H and O–H groups in total. The van der Waals surface area contributed by atoms with Gasteiger partial charge in [-0.05, 0) is 40.8 Å². The molecule has 0 spiro atoms. The first-order valence-electron chi connectivity index (χ1n) is 4.55. The van der Waals surface area contributed by atoms with Crippen LogP contribution in [0.4, 0.5) is 5.69 Å². The summed E-state index contributed by atoms with van der Waals surface area (Å²) >= 11 is 2.07. The number of nitrogen functional groups attached to an aromatic ring is 1. The first kappa shape index (κ1) is 12.8. The maximum atomic E-state index is 11.6. The van der Waals surface area contributed by atoms with Gasteiger partial charge in [-0.15, -0.1) is 0 Å². The van der Waals surface area contributed by atoms with E-state index in [1.54, 1.807) is 18.2 Å². The Kier molecular flexibility index (Phi) is 4.53. The van der Waals surface area contributed by atoms with Crippen molar-refractivity contribution in [2.75, 3.05) is 12.3 Å². The highest BCUT2D eigenvalue weighted by molar-refractivity contribution is 14.1. The molecule has 0 radical (unpaired) electrons. The molecular weight excluding hydrogens is 323 g/mol. The SMILES string of the molecule is Nc1ccc(I)cc1C(=O)NCCC(=O)O. The standard InChI is InChI=1S/C10H11IN2O3/c11-6-1-2-8(12)7(5-6)10(16)13-4-3-9(14)15/h1-2,5H,3-4,12H2,(H,13,16)(H,14,15). The average Bonchev–Trinajstić information content (AvgIpc) is 2.21. The molecular formula is C10H11IN2O3. The summed E-state index contributed by atoms with van der Waals surface area (Å²) in [4.78, 5) is 21.9. The van der Waals surface area contributed by atoms with E-state index in [4.69, 9.17) is 10.8 Å². The van der Waals surface area contributed by atoms with Gasteiger partial charge in [0.25, 0.3) is 5.91 Å². The Labute approximate surface area is 106 Å². The van der Waals surface area contributed by atoms with Crippen LogP contribution in [-0.2, 0) is 4.79 Å². The summed E-state index contributed by atoms with van der Waals surface area (Å²) in [6.45, 7) is 0.0963. The van der Waals surface area contributed by atoms with Crippen LogP contribution in [0.25, 0.3) is 0 Å². The minimum atomic E-state index is -0.948. The average molecular weight is 334 g/mol. The van der Waals surface area contributed by atoms with Gasteiger partial charge in [0.2, 0.25) is 0 Å². The molecule has 0 unspecified atom stereocenters. The monoisotopic (exact) mass is 334 g/mol. The number of nitrogens with two attached hydrogens (primary N) is 1. The third kappa shape index (κ3) is 3.69. The van der Waals surface area contributed by atoms with Crippen LogP contribution in [0.15, 0.2) is 18.2 Å². The quantitative estimate of drug-likeness (QED) is 0.567. The summed E-state index contributed by atoms with van der Waals surface area (Å²) in [5, 5.41) is 10.9. The number of benzene rings is 1. The molecule has 5 nitrogen and oxygen atoms in total. The predicted molar refractivity (Wildman–Crippen MR) is 68.2 cm³/mol. The van der Waals surface area contributed by atoms with Gasteiger partial charge in [-0.3, -0.25) is 9.59 Å². The van der Waals surface area contributed by atoms with E-state index in [1.165, 1.54) is 0 Å². The number of anilines is 1. The molecule has 0 heterocycles. The molecule has 0 aliphatic rings. The van der Waals surface area contributed by atoms with Crippen molar-refractivity contribution in [2.24, 2.45) is 0 Å². The van der Waals surface area contributed by atoms with E-state index in [2.05, 4.69) is 27.9 Å². The summed E-state index contributed by atoms with van der Waals surface area (Å²) in [6.07, 6.45) is -0.102. The topological polar surface area (TPSA) is 92.4 Å². The van der Waals surface area contributed by atoms with Crippen molar-refractivity contribution in [1.29, 1.82) is 0 Å². The third-order valence-corrected chi connectivity index (χ3v) is 2.56. The Morgan fingerprint density at radius 3 is 2.75 bits per heavy atom. The van der Waals surface area contributed by atoms with Gasteiger partial charge >= 0.3 is 5.97 Å². The Balaban J connectivity index is 2.65. The van der Waals surface area contributed by atoms with Gasteiger partial charge in [-0.2, -0.15) is 0 Å². The Bertz CT molecular complexity index is 421. The lowest BCUT2D eigenvalue weighted by molar-refractivity contribution is -0.136. The zero-order valence-corrected chi connectivity index (χ0v) is 10.5. The molecule has 86 valence electrons. The molecule has 0 aliphatic carbocycles. The minimum absolute atomic E-state index is 0.0963. The van der Waals surface area contributed by atoms with E-state index in [9.17, 15) is 9.59 Å². The molecule has 0 saturated carbocycles. The molecule has 1 aromatic carbocycles. The summed E-state index contributed by atoms with van der Waals surface area (Å²) in [6, 6.07) is 5.10. The lowest BCUT2D eigenvalue weighted by Crippen LogP contribution is -2.26. The molecule has 6 heteroatoms. The van der Waals surface area contributed by atoms with Crippen molar-refractivity contribution < 1.29 is 14.7 Å². The molecule has 0 saturated heterocycles. The second-order valence-electron chi connectivity index (χ2n) is 3.13. The number of carboxylic acid groups (broad SMARTS) is 1. The number of halogens is 1. The van der Waals surface area contributed by atoms with E-state index < -0.39 is 5.97 Å². The van der Waals surface area contributed by atoms with Crippen molar-refractivity contribution in [3.63, 3.8) is 0 Å². The van der Waals surface area contributed by atoms with Crippen LogP contribution in [0.5, 0.6) is 0 Å². The van der Waals surface area contributed by atoms with Crippen LogP contribution >= 0.6 is 22.6 Å². The lowest BCUT2D eigenvalue weighted by atomic mass is 10.1. The molecule has 0 fully saturated rings. The van der Waals surface area contributed by atoms with Crippen LogP contribution in [0.3, 0.4) is 0 Å². The normalized spacial score (nSPS) is 9.81. The fourth-order valence-electron chi connectivity index (χ4n) is 1.10. The molecule has 1 amide bonds. The lowest BCUT2D eigenvalue weighted by Gasteiger charge is -2.06. The summed E-state index contributed by atoms with van der Waals surface area (Å²) in [5.74, 6) is -1.30. The first-order valence-corrected chi connectivity index (χ1v) is 5.63. The summed E-state index contributed by atoms with van der Waals surface area (Å²) < 4.78 is 0.898. The maximum Gasteiger partial charge on any atom is 0.305 e. The zero-order valence-electron chi connectivity index (χ0n) is 8.37. The largest absolute Gasteiger partial charge is 0.481 e. The first-order chi connectivity index (χ1) is 7.50. The number of amides is 1. The van der Waals surface area contributed by atoms with Crippen LogP contribution in [0, 0.1) is 3.57 Å². The van der Waals surface area contributed by atoms with Gasteiger partial charge in [-0.25, -0.2) is 0 Å². The molecule has 1 rings (SSSR count). The van der Waals surface area contributed by atoms with E-state index in [0.717, 1.165) is 3.57 Å². The second-order valence-corrected chi connectivity index (χ2v) is 4.38. The van der Waals surface area contributed by atoms with Crippen LogP contribution in [0.2, 0.25) is 0 Å². The Hall–Kier alpha value is -1.31. The highest BCUT2D eigenvalue weighted by Crippen LogP contribution is 2.15. The number of aliphatic carboxylic acids is 1. The van der Waals surface area contributed by atoms with Crippen molar-refractivity contribution in [1.82, 2.24) is 5.32 Å². The third-order valence-electron chi connectivity index (χ3n) is 1.88. The zero-order chi connectivity index (χ0) is 12.1. The highest BCUT2D eigenvalue weighted by Gasteiger charge is 2.09. The van der Waals surface area contributed by atoms with Crippen LogP contribution < -0.4 is 11.1 Å². The van der Waals surface area contributed by atoms with E-state index in [0.29, 0.717) is 11.3 Å². The van der Waals surface area contributed by atoms with E-state index >= 15 is 0 Å². The maximum absolute atomic E-state index is 11.6. The Morgan fingerprint density at radius 2 is 2.12 bits per heavy atom. The molecule has 0 aromatic heterocycles. The minimum Gasteiger partial charge on any atom is -0.481 e. The number of carbonyl (C=O) groups excluding carboxylic acids is 1. The summed E-state index contributed by atoms with van der Waals surface area (Å²) in [5.41, 5.74) is 6.40. The molecule has 16 heavy (non-hydrogen) atoms. The highest BCUT2D eigenvalue weighted by atomic mass is 127. The van der Waals surface area contributed by atoms with Crippen molar-refractivity contribution >= 4 is 40.2 Å². The fraction of sp³-hybridized carbons (Fsp3) is 0.200. The summed E-state index contributed by atoms with van der Waals surface area (Å²) in [7, 11) is 0. The predicted octanol–water partition coefficient (Wildman–Crippen LogP) is 1.08. The number of nitrogens with one attached hydrogen (secondary N) is 1. The van der Waals surface area contributed by atoms with E-state index in [-0.39, 0.29) is 18.9 Å². The molecule has 0 bridgehead atoms. The molecule has 0 aliphatic heterocycles. The van der Waals surface area contributed by atoms with Crippen molar-refractivity contribution in [3.05, 3.63) is 27.3 Å². The fourth-order valence-corrected chi connectivity index (χ4v) is 1.59. The van der Waals surface area contributed by atoms with Gasteiger partial charge in [0.05, 0.1) is 12.0 Å². The van der Waals surface area contributed by atoms with Crippen LogP contribution in [0.1, 0.15) is 16.8 Å². The number of rotatable bonds is 4. The molecule has 1 aromatic rings. The number of carbonyl (C=O) groups is 2. The number of hydrogen-bond donors (Lipinski definition) is 3.